The van der Waals surface area contributed by atoms with Crippen molar-refractivity contribution in [2.75, 3.05) is 37.0 Å². The summed E-state index contributed by atoms with van der Waals surface area (Å²) in [6.07, 6.45) is 7.18. The second kappa shape index (κ2) is 9.17. The quantitative estimate of drug-likeness (QED) is 0.631. The first-order valence-corrected chi connectivity index (χ1v) is 12.4. The minimum atomic E-state index is 0.165. The van der Waals surface area contributed by atoms with E-state index in [4.69, 9.17) is 21.6 Å². The zero-order chi connectivity index (χ0) is 20.4. The molecule has 1 aliphatic heterocycles. The van der Waals surface area contributed by atoms with Gasteiger partial charge in [0.2, 0.25) is 5.91 Å². The van der Waals surface area contributed by atoms with Crippen molar-refractivity contribution in [1.29, 1.82) is 0 Å². The van der Waals surface area contributed by atoms with Gasteiger partial charge in [0.25, 0.3) is 0 Å². The molecule has 1 atom stereocenters. The standard InChI is InChI=1S/C22H31ClN4OS/c1-3-4-5-18-24-21(27-12-10-26(11-13-27)19(28)8-9-23)20-16-7-6-15(2)14-17(16)29-22(20)25-18/h15H,3-14H2,1-2H3. The Bertz CT molecular complexity index is 875. The second-order valence-electron chi connectivity index (χ2n) is 8.41. The van der Waals surface area contributed by atoms with Crippen LogP contribution in [0.1, 0.15) is 55.8 Å². The number of unbranched alkanes of at least 4 members (excludes halogenated alkanes) is 1. The number of alkyl halides is 1. The number of aryl methyl sites for hydroxylation is 2. The van der Waals surface area contributed by atoms with E-state index in [-0.39, 0.29) is 5.91 Å². The third-order valence-corrected chi connectivity index (χ3v) is 7.51. The second-order valence-corrected chi connectivity index (χ2v) is 9.87. The molecule has 29 heavy (non-hydrogen) atoms. The number of thiophene rings is 1. The highest BCUT2D eigenvalue weighted by molar-refractivity contribution is 7.19. The maximum Gasteiger partial charge on any atom is 0.223 e. The van der Waals surface area contributed by atoms with Gasteiger partial charge in [0.05, 0.1) is 5.39 Å². The first-order chi connectivity index (χ1) is 14.1. The van der Waals surface area contributed by atoms with Crippen LogP contribution < -0.4 is 4.90 Å². The average Bonchev–Trinajstić information content (AvgIpc) is 3.09. The monoisotopic (exact) mass is 434 g/mol. The van der Waals surface area contributed by atoms with Gasteiger partial charge < -0.3 is 9.80 Å². The molecule has 0 N–H and O–H groups in total. The summed E-state index contributed by atoms with van der Waals surface area (Å²) in [5.41, 5.74) is 1.49. The van der Waals surface area contributed by atoms with Crippen molar-refractivity contribution in [1.82, 2.24) is 14.9 Å². The van der Waals surface area contributed by atoms with E-state index in [2.05, 4.69) is 18.7 Å². The Balaban J connectivity index is 1.66. The molecule has 2 aromatic rings. The van der Waals surface area contributed by atoms with Gasteiger partial charge in [-0.15, -0.1) is 22.9 Å². The number of carbonyl (C=O) groups is 1. The predicted molar refractivity (Wildman–Crippen MR) is 121 cm³/mol. The molecule has 1 amide bonds. The van der Waals surface area contributed by atoms with E-state index in [1.54, 1.807) is 0 Å². The summed E-state index contributed by atoms with van der Waals surface area (Å²) in [5, 5.41) is 1.29. The molecular formula is C22H31ClN4OS. The van der Waals surface area contributed by atoms with E-state index in [9.17, 15) is 4.79 Å². The molecule has 3 heterocycles. The smallest absolute Gasteiger partial charge is 0.223 e. The van der Waals surface area contributed by atoms with Crippen molar-refractivity contribution in [3.05, 3.63) is 16.3 Å². The highest BCUT2D eigenvalue weighted by Gasteiger charge is 2.28. The Morgan fingerprint density at radius 3 is 2.76 bits per heavy atom. The van der Waals surface area contributed by atoms with Crippen molar-refractivity contribution < 1.29 is 4.79 Å². The molecule has 2 aromatic heterocycles. The van der Waals surface area contributed by atoms with E-state index in [0.29, 0.717) is 12.3 Å². The number of carbonyl (C=O) groups excluding carboxylic acids is 1. The Hall–Kier alpha value is -1.40. The first kappa shape index (κ1) is 20.9. The lowest BCUT2D eigenvalue weighted by Crippen LogP contribution is -2.49. The summed E-state index contributed by atoms with van der Waals surface area (Å²) in [6.45, 7) is 7.71. The third kappa shape index (κ3) is 4.38. The van der Waals surface area contributed by atoms with Crippen LogP contribution in [0.5, 0.6) is 0 Å². The number of hydrogen-bond acceptors (Lipinski definition) is 5. The molecule has 0 aromatic carbocycles. The maximum absolute atomic E-state index is 12.2. The summed E-state index contributed by atoms with van der Waals surface area (Å²) in [7, 11) is 0. The highest BCUT2D eigenvalue weighted by atomic mass is 35.5. The van der Waals surface area contributed by atoms with Gasteiger partial charge in [-0.05, 0) is 37.2 Å². The maximum atomic E-state index is 12.2. The van der Waals surface area contributed by atoms with Crippen molar-refractivity contribution in [3.63, 3.8) is 0 Å². The van der Waals surface area contributed by atoms with Crippen molar-refractivity contribution in [2.45, 2.75) is 58.8 Å². The van der Waals surface area contributed by atoms with Crippen LogP contribution in [-0.2, 0) is 24.1 Å². The molecule has 1 aliphatic carbocycles. The molecule has 5 nitrogen and oxygen atoms in total. The van der Waals surface area contributed by atoms with E-state index in [1.807, 2.05) is 16.2 Å². The van der Waals surface area contributed by atoms with Crippen molar-refractivity contribution in [3.8, 4) is 0 Å². The number of piperazine rings is 1. The molecular weight excluding hydrogens is 404 g/mol. The Labute approximate surface area is 182 Å². The van der Waals surface area contributed by atoms with Crippen molar-refractivity contribution in [2.24, 2.45) is 5.92 Å². The first-order valence-electron chi connectivity index (χ1n) is 11.0. The van der Waals surface area contributed by atoms with Crippen LogP contribution in [0, 0.1) is 5.92 Å². The number of fused-ring (bicyclic) bond motifs is 3. The fraction of sp³-hybridized carbons (Fsp3) is 0.682. The van der Waals surface area contributed by atoms with E-state index < -0.39 is 0 Å². The molecule has 0 spiro atoms. The molecule has 0 saturated carbocycles. The van der Waals surface area contributed by atoms with Crippen LogP contribution in [0.15, 0.2) is 0 Å². The van der Waals surface area contributed by atoms with Gasteiger partial charge in [-0.1, -0.05) is 20.3 Å². The van der Waals surface area contributed by atoms with Crippen LogP contribution in [0.4, 0.5) is 5.82 Å². The molecule has 1 unspecified atom stereocenters. The summed E-state index contributed by atoms with van der Waals surface area (Å²) in [5.74, 6) is 3.39. The molecule has 4 rings (SSSR count). The SMILES string of the molecule is CCCCc1nc(N2CCN(C(=O)CCCl)CC2)c2c3c(sc2n1)CC(C)CC3. The topological polar surface area (TPSA) is 49.3 Å². The van der Waals surface area contributed by atoms with Gasteiger partial charge in [0.1, 0.15) is 16.5 Å². The Morgan fingerprint density at radius 2 is 2.03 bits per heavy atom. The van der Waals surface area contributed by atoms with Crippen LogP contribution in [0.2, 0.25) is 0 Å². The predicted octanol–water partition coefficient (Wildman–Crippen LogP) is 4.44. The lowest BCUT2D eigenvalue weighted by Gasteiger charge is -2.36. The highest BCUT2D eigenvalue weighted by Crippen LogP contribution is 2.41. The zero-order valence-corrected chi connectivity index (χ0v) is 19.1. The average molecular weight is 435 g/mol. The van der Waals surface area contributed by atoms with Gasteiger partial charge in [-0.2, -0.15) is 0 Å². The van der Waals surface area contributed by atoms with Crippen LogP contribution >= 0.6 is 22.9 Å². The fourth-order valence-electron chi connectivity index (χ4n) is 4.45. The number of rotatable bonds is 6. The van der Waals surface area contributed by atoms with Crippen LogP contribution in [0.3, 0.4) is 0 Å². The number of halogens is 1. The summed E-state index contributed by atoms with van der Waals surface area (Å²) in [4.78, 5) is 29.2. The van der Waals surface area contributed by atoms with Gasteiger partial charge in [-0.25, -0.2) is 9.97 Å². The van der Waals surface area contributed by atoms with E-state index in [0.717, 1.165) is 69.4 Å². The number of anilines is 1. The van der Waals surface area contributed by atoms with Gasteiger partial charge in [-0.3, -0.25) is 4.79 Å². The largest absolute Gasteiger partial charge is 0.352 e. The molecule has 7 heteroatoms. The molecule has 0 radical (unpaired) electrons. The number of aromatic nitrogens is 2. The number of hydrogen-bond donors (Lipinski definition) is 0. The van der Waals surface area contributed by atoms with Crippen LogP contribution in [0.25, 0.3) is 10.2 Å². The minimum Gasteiger partial charge on any atom is -0.352 e. The van der Waals surface area contributed by atoms with Gasteiger partial charge in [0, 0.05) is 49.8 Å². The van der Waals surface area contributed by atoms with Crippen molar-refractivity contribution >= 4 is 44.9 Å². The zero-order valence-electron chi connectivity index (χ0n) is 17.5. The number of nitrogens with zero attached hydrogens (tertiary/aromatic N) is 4. The van der Waals surface area contributed by atoms with E-state index >= 15 is 0 Å². The molecule has 1 fully saturated rings. The summed E-state index contributed by atoms with van der Waals surface area (Å²) in [6, 6.07) is 0. The molecule has 0 bridgehead atoms. The Kier molecular flexibility index (Phi) is 6.60. The Morgan fingerprint density at radius 1 is 1.24 bits per heavy atom. The summed E-state index contributed by atoms with van der Waals surface area (Å²) < 4.78 is 0. The fourth-order valence-corrected chi connectivity index (χ4v) is 6.01. The molecule has 2 aliphatic rings. The lowest BCUT2D eigenvalue weighted by molar-refractivity contribution is -0.131. The van der Waals surface area contributed by atoms with E-state index in [1.165, 1.54) is 33.5 Å². The normalized spacial score (nSPS) is 19.6. The molecule has 1 saturated heterocycles. The number of amides is 1. The van der Waals surface area contributed by atoms with Gasteiger partial charge in [0.15, 0.2) is 0 Å². The summed E-state index contributed by atoms with van der Waals surface area (Å²) >= 11 is 7.64. The lowest BCUT2D eigenvalue weighted by atomic mass is 9.89. The minimum absolute atomic E-state index is 0.165. The van der Waals surface area contributed by atoms with Gasteiger partial charge >= 0.3 is 0 Å². The van der Waals surface area contributed by atoms with Crippen LogP contribution in [-0.4, -0.2) is 52.8 Å². The third-order valence-electron chi connectivity index (χ3n) is 6.18. The molecule has 158 valence electrons.